The number of imidazole rings is 1. The zero-order valence-corrected chi connectivity index (χ0v) is 21.4. The van der Waals surface area contributed by atoms with Gasteiger partial charge < -0.3 is 51.0 Å². The van der Waals surface area contributed by atoms with Crippen molar-refractivity contribution in [2.24, 2.45) is 16.5 Å². The molecule has 2 unspecified atom stereocenters. The number of guanidine groups is 1. The molecule has 2 aromatic rings. The van der Waals surface area contributed by atoms with Crippen LogP contribution in [0.25, 0.3) is 11.2 Å². The SMILES string of the molecule is NC(N)=NCCCCNc1nc(=S)c2ncn([C@@H]3O[C@H](COP(=O)([O-])O)C(O)[C@@H]3O)c2[nH]1.[Na+]. The van der Waals surface area contributed by atoms with E-state index in [-0.39, 0.29) is 40.2 Å². The van der Waals surface area contributed by atoms with Crippen LogP contribution in [0.4, 0.5) is 5.95 Å². The standard InChI is InChI=1S/C15H25N8O7PS.Na/c16-14(17)18-3-1-2-4-19-15-21-11-8(12(32)22-15)20-6-23(11)13-10(25)9(24)7(30-13)5-29-31(26,27)28;/h6-7,9-10,13,24-25H,1-5H2,(H4,16,17,18)(H2,26,27,28)(H2,19,21,22,32);/q;+1/p-1/t7-,9?,10+,13-;/m1./s1. The molecule has 0 aliphatic carbocycles. The number of aromatic amines is 1. The fourth-order valence-corrected chi connectivity index (χ4v) is 3.70. The van der Waals surface area contributed by atoms with E-state index in [4.69, 9.17) is 33.3 Å². The number of hydrogen-bond donors (Lipinski definition) is 7. The first kappa shape index (κ1) is 28.1. The van der Waals surface area contributed by atoms with Crippen molar-refractivity contribution in [3.05, 3.63) is 11.0 Å². The summed E-state index contributed by atoms with van der Waals surface area (Å²) < 4.78 is 22.2. The molecule has 3 heterocycles. The molecule has 0 amide bonds. The third kappa shape index (κ3) is 7.40. The van der Waals surface area contributed by atoms with Gasteiger partial charge >= 0.3 is 29.6 Å². The minimum atomic E-state index is -5.02. The average Bonchev–Trinajstić information content (AvgIpc) is 3.24. The molecular weight excluding hydrogens is 490 g/mol. The minimum Gasteiger partial charge on any atom is -0.756 e. The van der Waals surface area contributed by atoms with Gasteiger partial charge in [0, 0.05) is 13.1 Å². The van der Waals surface area contributed by atoms with Crippen LogP contribution in [0.5, 0.6) is 0 Å². The Hall–Kier alpha value is -1.17. The molecule has 1 aliphatic heterocycles. The molecule has 5 atom stereocenters. The van der Waals surface area contributed by atoms with E-state index < -0.39 is 39.0 Å². The molecule has 15 nitrogen and oxygen atoms in total. The van der Waals surface area contributed by atoms with Gasteiger partial charge in [-0.2, -0.15) is 0 Å². The number of H-pyrrole nitrogens is 1. The third-order valence-corrected chi connectivity index (χ3v) is 5.39. The van der Waals surface area contributed by atoms with Crippen LogP contribution in [0.1, 0.15) is 19.1 Å². The van der Waals surface area contributed by atoms with Crippen LogP contribution in [0, 0.1) is 4.64 Å². The van der Waals surface area contributed by atoms with Gasteiger partial charge in [0.05, 0.1) is 12.9 Å². The summed E-state index contributed by atoms with van der Waals surface area (Å²) in [7, 11) is -5.02. The Labute approximate surface area is 215 Å². The number of aromatic nitrogens is 4. The molecule has 2 aromatic heterocycles. The van der Waals surface area contributed by atoms with Crippen molar-refractivity contribution in [2.45, 2.75) is 37.4 Å². The van der Waals surface area contributed by atoms with Crippen molar-refractivity contribution in [3.8, 4) is 0 Å². The van der Waals surface area contributed by atoms with E-state index in [0.29, 0.717) is 30.2 Å². The number of rotatable bonds is 10. The fraction of sp³-hybridized carbons (Fsp3) is 0.600. The first-order chi connectivity index (χ1) is 15.1. The van der Waals surface area contributed by atoms with Gasteiger partial charge in [-0.25, -0.2) is 9.97 Å². The van der Waals surface area contributed by atoms with Gasteiger partial charge in [-0.1, -0.05) is 12.2 Å². The Kier molecular flexibility index (Phi) is 10.2. The van der Waals surface area contributed by atoms with Crippen molar-refractivity contribution in [2.75, 3.05) is 25.0 Å². The summed E-state index contributed by atoms with van der Waals surface area (Å²) >= 11 is 5.28. The monoisotopic (exact) mass is 514 g/mol. The minimum absolute atomic E-state index is 0. The van der Waals surface area contributed by atoms with E-state index >= 15 is 0 Å². The van der Waals surface area contributed by atoms with Crippen molar-refractivity contribution in [1.82, 2.24) is 19.5 Å². The largest absolute Gasteiger partial charge is 1.00 e. The smallest absolute Gasteiger partial charge is 0.756 e. The maximum Gasteiger partial charge on any atom is 1.00 e. The Bertz CT molecular complexity index is 1070. The van der Waals surface area contributed by atoms with Crippen LogP contribution in [-0.4, -0.2) is 78.6 Å². The van der Waals surface area contributed by atoms with Crippen LogP contribution in [0.3, 0.4) is 0 Å². The number of phosphoric ester groups is 1. The van der Waals surface area contributed by atoms with E-state index in [9.17, 15) is 19.7 Å². The number of aliphatic hydroxyl groups excluding tert-OH is 2. The molecule has 1 fully saturated rings. The zero-order valence-electron chi connectivity index (χ0n) is 17.7. The summed E-state index contributed by atoms with van der Waals surface area (Å²) in [5.41, 5.74) is 11.2. The van der Waals surface area contributed by atoms with Crippen LogP contribution in [0.15, 0.2) is 11.3 Å². The Morgan fingerprint density at radius 3 is 2.82 bits per heavy atom. The van der Waals surface area contributed by atoms with Gasteiger partial charge in [-0.15, -0.1) is 0 Å². The van der Waals surface area contributed by atoms with Crippen molar-refractivity contribution >= 4 is 43.1 Å². The maximum absolute atomic E-state index is 10.8. The zero-order chi connectivity index (χ0) is 23.5. The van der Waals surface area contributed by atoms with Crippen LogP contribution >= 0.6 is 20.0 Å². The first-order valence-corrected chi connectivity index (χ1v) is 11.4. The number of nitrogens with one attached hydrogen (secondary N) is 2. The number of hydrogen-bond acceptors (Lipinski definition) is 11. The second-order valence-corrected chi connectivity index (χ2v) is 8.57. The van der Waals surface area contributed by atoms with Gasteiger partial charge in [0.25, 0.3) is 7.82 Å². The van der Waals surface area contributed by atoms with E-state index in [0.717, 1.165) is 12.8 Å². The number of aliphatic hydroxyl groups is 2. The number of fused-ring (bicyclic) bond motifs is 1. The molecule has 33 heavy (non-hydrogen) atoms. The molecule has 3 rings (SSSR count). The molecule has 178 valence electrons. The number of ether oxygens (including phenoxy) is 1. The Morgan fingerprint density at radius 1 is 1.42 bits per heavy atom. The van der Waals surface area contributed by atoms with Gasteiger partial charge in [0.2, 0.25) is 5.95 Å². The van der Waals surface area contributed by atoms with E-state index in [1.54, 1.807) is 0 Å². The number of aliphatic imine (C=N–C) groups is 1. The molecule has 1 aliphatic rings. The normalized spacial score (nSPS) is 24.2. The van der Waals surface area contributed by atoms with E-state index in [2.05, 4.69) is 29.8 Å². The van der Waals surface area contributed by atoms with Crippen LogP contribution in [0.2, 0.25) is 0 Å². The number of nitrogens with two attached hydrogens (primary N) is 2. The number of phosphoric acid groups is 1. The first-order valence-electron chi connectivity index (χ1n) is 9.53. The molecular formula is C15H24N8NaO7PS. The predicted molar refractivity (Wildman–Crippen MR) is 113 cm³/mol. The van der Waals surface area contributed by atoms with Gasteiger partial charge in [-0.3, -0.25) is 14.1 Å². The number of unbranched alkanes of at least 4 members (excludes halogenated alkanes) is 1. The number of anilines is 1. The van der Waals surface area contributed by atoms with Gasteiger partial charge in [0.15, 0.2) is 16.8 Å². The van der Waals surface area contributed by atoms with Gasteiger partial charge in [-0.05, 0) is 12.8 Å². The molecule has 1 saturated heterocycles. The summed E-state index contributed by atoms with van der Waals surface area (Å²) in [6, 6.07) is 0. The Morgan fingerprint density at radius 2 is 2.15 bits per heavy atom. The topological polar surface area (TPSA) is 242 Å². The molecule has 0 bridgehead atoms. The molecule has 9 N–H and O–H groups in total. The van der Waals surface area contributed by atoms with Crippen LogP contribution in [-0.2, 0) is 13.8 Å². The van der Waals surface area contributed by atoms with Gasteiger partial charge in [0.1, 0.15) is 29.5 Å². The van der Waals surface area contributed by atoms with E-state index in [1.807, 2.05) is 0 Å². The summed E-state index contributed by atoms with van der Waals surface area (Å²) in [5.74, 6) is 0.391. The summed E-state index contributed by atoms with van der Waals surface area (Å²) in [4.78, 5) is 34.9. The third-order valence-electron chi connectivity index (χ3n) is 4.63. The maximum atomic E-state index is 10.8. The van der Waals surface area contributed by atoms with E-state index in [1.165, 1.54) is 10.9 Å². The predicted octanol–water partition coefficient (Wildman–Crippen LogP) is -4.95. The average molecular weight is 514 g/mol. The molecule has 0 spiro atoms. The summed E-state index contributed by atoms with van der Waals surface area (Å²) in [6.45, 7) is 0.374. The summed E-state index contributed by atoms with van der Waals surface area (Å²) in [5, 5.41) is 23.7. The molecule has 0 saturated carbocycles. The number of nitrogens with zero attached hydrogens (tertiary/aromatic N) is 4. The quantitative estimate of drug-likeness (QED) is 0.0393. The second kappa shape index (κ2) is 12.0. The summed E-state index contributed by atoms with van der Waals surface area (Å²) in [6.07, 6.45) is -2.41. The fourth-order valence-electron chi connectivity index (χ4n) is 3.13. The molecule has 0 radical (unpaired) electrons. The molecule has 0 aromatic carbocycles. The molecule has 18 heteroatoms. The van der Waals surface area contributed by atoms with Crippen LogP contribution < -0.4 is 51.2 Å². The van der Waals surface area contributed by atoms with Crippen molar-refractivity contribution in [1.29, 1.82) is 0 Å². The van der Waals surface area contributed by atoms with Crippen molar-refractivity contribution in [3.63, 3.8) is 0 Å². The Balaban J connectivity index is 0.00000385. The second-order valence-electron chi connectivity index (χ2n) is 6.99. The van der Waals surface area contributed by atoms with Crippen molar-refractivity contribution < 1.29 is 63.4 Å².